The van der Waals surface area contributed by atoms with E-state index in [1.807, 2.05) is 31.2 Å². The van der Waals surface area contributed by atoms with Crippen LogP contribution >= 0.6 is 0 Å². The van der Waals surface area contributed by atoms with E-state index in [-0.39, 0.29) is 5.69 Å². The number of carboxylic acid groups (broad SMARTS) is 1. The number of aryl methyl sites for hydroxylation is 1. The quantitative estimate of drug-likeness (QED) is 0.640. The van der Waals surface area contributed by atoms with Gasteiger partial charge in [-0.15, -0.1) is 0 Å². The molecule has 3 nitrogen and oxygen atoms in total. The van der Waals surface area contributed by atoms with Crippen molar-refractivity contribution in [2.45, 2.75) is 39.6 Å². The van der Waals surface area contributed by atoms with Crippen LogP contribution in [0.3, 0.4) is 0 Å². The summed E-state index contributed by atoms with van der Waals surface area (Å²) in [5.41, 5.74) is 1.76. The average molecular weight is 482 g/mol. The number of aromatic carboxylic acids is 1. The minimum atomic E-state index is -0.987. The number of hydrogen-bond acceptors (Lipinski definition) is 2. The number of rotatable bonds is 4. The SMILES string of the molecule is C[CH2][Pb]([CH2]C)[CH2]C.Cc1cc(C(=O)O)nc2ccccc12. The van der Waals surface area contributed by atoms with Gasteiger partial charge < -0.3 is 5.11 Å². The van der Waals surface area contributed by atoms with Crippen molar-refractivity contribution in [3.8, 4) is 0 Å². The molecule has 4 heteroatoms. The Hall–Kier alpha value is -0.978. The molecule has 1 N–H and O–H groups in total. The van der Waals surface area contributed by atoms with E-state index in [9.17, 15) is 4.79 Å². The third kappa shape index (κ3) is 5.38. The van der Waals surface area contributed by atoms with E-state index in [1.165, 1.54) is 0 Å². The van der Waals surface area contributed by atoms with E-state index >= 15 is 0 Å². The molecular weight excluding hydrogens is 457 g/mol. The van der Waals surface area contributed by atoms with E-state index in [0.717, 1.165) is 16.5 Å². The average Bonchev–Trinajstić information content (AvgIpc) is 2.49. The van der Waals surface area contributed by atoms with Crippen LogP contribution in [0.25, 0.3) is 10.9 Å². The number of aromatic nitrogens is 1. The van der Waals surface area contributed by atoms with Crippen LogP contribution < -0.4 is 0 Å². The first-order valence-corrected chi connectivity index (χ1v) is 15.7. The van der Waals surface area contributed by atoms with Crippen molar-refractivity contribution in [3.63, 3.8) is 0 Å². The molecule has 0 saturated heterocycles. The summed E-state index contributed by atoms with van der Waals surface area (Å²) in [6.07, 6.45) is 0. The van der Waals surface area contributed by atoms with Gasteiger partial charge in [0.15, 0.2) is 0 Å². The number of nitrogens with zero attached hydrogens (tertiary/aromatic N) is 1. The standard InChI is InChI=1S/C11H9NO2.3C2H5.Pb/c1-7-6-10(11(13)14)12-9-5-3-2-4-8(7)9;3*1-2;/h2-6H,1H3,(H,13,14);3*1H2,2H3;. The Morgan fingerprint density at radius 2 is 1.71 bits per heavy atom. The predicted octanol–water partition coefficient (Wildman–Crippen LogP) is 4.78. The molecule has 113 valence electrons. The Balaban J connectivity index is 0.000000270. The molecule has 1 aromatic heterocycles. The number of fused-ring (bicyclic) bond motifs is 1. The predicted molar refractivity (Wildman–Crippen MR) is 90.6 cm³/mol. The zero-order valence-electron chi connectivity index (χ0n) is 13.3. The van der Waals surface area contributed by atoms with Crippen molar-refractivity contribution < 1.29 is 9.90 Å². The van der Waals surface area contributed by atoms with Crippen LogP contribution in [0.2, 0.25) is 11.9 Å². The topological polar surface area (TPSA) is 50.2 Å². The van der Waals surface area contributed by atoms with Gasteiger partial charge in [-0.3, -0.25) is 0 Å². The van der Waals surface area contributed by atoms with E-state index in [4.69, 9.17) is 5.11 Å². The van der Waals surface area contributed by atoms with Gasteiger partial charge in [0.1, 0.15) is 5.69 Å². The van der Waals surface area contributed by atoms with Crippen molar-refractivity contribution in [1.29, 1.82) is 0 Å². The summed E-state index contributed by atoms with van der Waals surface area (Å²) >= 11 is -0.789. The van der Waals surface area contributed by atoms with Gasteiger partial charge >= 0.3 is 61.4 Å². The number of carbonyl (C=O) groups is 1. The van der Waals surface area contributed by atoms with Gasteiger partial charge in [-0.05, 0) is 24.6 Å². The largest absolute Gasteiger partial charge is 0.477 e. The molecule has 0 saturated carbocycles. The second-order valence-electron chi connectivity index (χ2n) is 4.96. The van der Waals surface area contributed by atoms with Gasteiger partial charge in [0.25, 0.3) is 0 Å². The first-order chi connectivity index (χ1) is 10.0. The van der Waals surface area contributed by atoms with E-state index in [1.54, 1.807) is 18.0 Å². The molecule has 1 aromatic carbocycles. The van der Waals surface area contributed by atoms with Crippen LogP contribution in [0, 0.1) is 6.92 Å². The summed E-state index contributed by atoms with van der Waals surface area (Å²) in [7, 11) is 0. The zero-order valence-corrected chi connectivity index (χ0v) is 17.2. The van der Waals surface area contributed by atoms with Crippen LogP contribution in [0.15, 0.2) is 30.3 Å². The van der Waals surface area contributed by atoms with Gasteiger partial charge in [0.05, 0.1) is 5.52 Å². The molecule has 0 spiro atoms. The van der Waals surface area contributed by atoms with Gasteiger partial charge in [0.2, 0.25) is 0 Å². The number of hydrogen-bond donors (Lipinski definition) is 1. The maximum absolute atomic E-state index is 10.7. The third-order valence-electron chi connectivity index (χ3n) is 3.64. The van der Waals surface area contributed by atoms with Crippen LogP contribution in [0.4, 0.5) is 0 Å². The minimum absolute atomic E-state index is 0.0983. The Morgan fingerprint density at radius 3 is 2.19 bits per heavy atom. The molecule has 2 aromatic rings. The van der Waals surface area contributed by atoms with Gasteiger partial charge in [-0.25, -0.2) is 9.78 Å². The van der Waals surface area contributed by atoms with Crippen molar-refractivity contribution in [2.75, 3.05) is 0 Å². The molecule has 0 unspecified atom stereocenters. The first-order valence-electron chi connectivity index (χ1n) is 7.46. The zero-order chi connectivity index (χ0) is 15.8. The summed E-state index contributed by atoms with van der Waals surface area (Å²) in [4.78, 5) is 14.8. The fraction of sp³-hybridized carbons (Fsp3) is 0.412. The summed E-state index contributed by atoms with van der Waals surface area (Å²) in [6.45, 7) is 8.95. The van der Waals surface area contributed by atoms with Gasteiger partial charge in [-0.2, -0.15) is 0 Å². The van der Waals surface area contributed by atoms with Gasteiger partial charge in [-0.1, -0.05) is 18.2 Å². The molecule has 0 fully saturated rings. The van der Waals surface area contributed by atoms with Crippen molar-refractivity contribution >= 4 is 39.6 Å². The molecule has 2 rings (SSSR count). The molecule has 0 aliphatic carbocycles. The Bertz CT molecular complexity index is 589. The molecule has 0 bridgehead atoms. The monoisotopic (exact) mass is 482 g/mol. The maximum Gasteiger partial charge on any atom is 0.354 e. The Kier molecular flexibility index (Phi) is 7.85. The van der Waals surface area contributed by atoms with Crippen LogP contribution in [-0.4, -0.2) is 38.8 Å². The minimum Gasteiger partial charge on any atom is -0.477 e. The second-order valence-corrected chi connectivity index (χ2v) is 19.0. The fourth-order valence-electron chi connectivity index (χ4n) is 2.21. The summed E-state index contributed by atoms with van der Waals surface area (Å²) in [5.74, 6) is -0.987. The molecule has 1 heterocycles. The second kappa shape index (κ2) is 9.12. The first kappa shape index (κ1) is 18.1. The van der Waals surface area contributed by atoms with Gasteiger partial charge in [0, 0.05) is 5.39 Å². The van der Waals surface area contributed by atoms with E-state index in [2.05, 4.69) is 25.8 Å². The van der Waals surface area contributed by atoms with Crippen LogP contribution in [0.5, 0.6) is 0 Å². The van der Waals surface area contributed by atoms with E-state index < -0.39 is 28.7 Å². The number of pyridine rings is 1. The van der Waals surface area contributed by atoms with Crippen molar-refractivity contribution in [3.05, 3.63) is 41.6 Å². The number of carboxylic acids is 1. The fourth-order valence-corrected chi connectivity index (χ4v) is 8.04. The summed E-state index contributed by atoms with van der Waals surface area (Å²) < 4.78 is 4.70. The molecule has 21 heavy (non-hydrogen) atoms. The maximum atomic E-state index is 10.7. The van der Waals surface area contributed by atoms with E-state index in [0.29, 0.717) is 0 Å². The van der Waals surface area contributed by atoms with Crippen LogP contribution in [0.1, 0.15) is 36.8 Å². The third-order valence-corrected chi connectivity index (χ3v) is 15.3. The Morgan fingerprint density at radius 1 is 1.14 bits per heavy atom. The normalized spacial score (nSPS) is 10.3. The number of benzene rings is 1. The Labute approximate surface area is 135 Å². The molecule has 0 amide bonds. The van der Waals surface area contributed by atoms with Crippen LogP contribution in [-0.2, 0) is 0 Å². The summed E-state index contributed by atoms with van der Waals surface area (Å²) in [5, 5.41) is 9.80. The molecule has 0 atom stereocenters. The molecule has 0 aliphatic rings. The van der Waals surface area contributed by atoms with Crippen molar-refractivity contribution in [1.82, 2.24) is 4.98 Å². The molecule has 1 radical (unpaired) electrons. The molecular formula is C17H24NO2Pb. The number of para-hydroxylation sites is 1. The summed E-state index contributed by atoms with van der Waals surface area (Å²) in [6, 6.07) is 9.10. The molecule has 0 aliphatic heterocycles. The van der Waals surface area contributed by atoms with Crippen molar-refractivity contribution in [2.24, 2.45) is 0 Å². The smallest absolute Gasteiger partial charge is 0.354 e.